The van der Waals surface area contributed by atoms with E-state index in [2.05, 4.69) is 16.2 Å². The minimum atomic E-state index is -0.437. The molecule has 7 nitrogen and oxygen atoms in total. The van der Waals surface area contributed by atoms with Gasteiger partial charge in [0.25, 0.3) is 11.8 Å². The van der Waals surface area contributed by atoms with Gasteiger partial charge in [0.1, 0.15) is 11.5 Å². The highest BCUT2D eigenvalue weighted by atomic mass is 32.1. The van der Waals surface area contributed by atoms with E-state index in [1.165, 1.54) is 0 Å². The van der Waals surface area contributed by atoms with Crippen molar-refractivity contribution in [3.63, 3.8) is 0 Å². The van der Waals surface area contributed by atoms with E-state index >= 15 is 0 Å². The lowest BCUT2D eigenvalue weighted by Gasteiger charge is -2.13. The summed E-state index contributed by atoms with van der Waals surface area (Å²) < 4.78 is 11.0. The zero-order chi connectivity index (χ0) is 21.4. The average Bonchev–Trinajstić information content (AvgIpc) is 2.63. The SMILES string of the molecule is Cc1cc(C)cc(OCC(=O)NNC(=S)NC(=O)c2cccc(OC(C)C)c2)c1. The number of rotatable bonds is 6. The lowest BCUT2D eigenvalue weighted by molar-refractivity contribution is -0.123. The van der Waals surface area contributed by atoms with E-state index in [-0.39, 0.29) is 17.8 Å². The van der Waals surface area contributed by atoms with Gasteiger partial charge < -0.3 is 9.47 Å². The van der Waals surface area contributed by atoms with E-state index in [4.69, 9.17) is 21.7 Å². The van der Waals surface area contributed by atoms with Gasteiger partial charge in [-0.05, 0) is 81.4 Å². The van der Waals surface area contributed by atoms with Crippen molar-refractivity contribution in [1.82, 2.24) is 16.2 Å². The first-order valence-electron chi connectivity index (χ1n) is 9.11. The van der Waals surface area contributed by atoms with Crippen molar-refractivity contribution in [1.29, 1.82) is 0 Å². The Morgan fingerprint density at radius 3 is 2.34 bits per heavy atom. The molecule has 8 heteroatoms. The maximum absolute atomic E-state index is 12.3. The van der Waals surface area contributed by atoms with Gasteiger partial charge >= 0.3 is 0 Å². The predicted octanol–water partition coefficient (Wildman–Crippen LogP) is 2.81. The molecule has 2 aromatic carbocycles. The van der Waals surface area contributed by atoms with E-state index in [0.29, 0.717) is 17.1 Å². The molecule has 0 radical (unpaired) electrons. The Balaban J connectivity index is 1.78. The fraction of sp³-hybridized carbons (Fsp3) is 0.286. The lowest BCUT2D eigenvalue weighted by atomic mass is 10.1. The van der Waals surface area contributed by atoms with E-state index in [1.807, 2.05) is 45.9 Å². The second-order valence-corrected chi connectivity index (χ2v) is 7.17. The van der Waals surface area contributed by atoms with Crippen LogP contribution in [0.3, 0.4) is 0 Å². The molecule has 2 aromatic rings. The van der Waals surface area contributed by atoms with Crippen LogP contribution in [0.1, 0.15) is 35.3 Å². The number of carbonyl (C=O) groups excluding carboxylic acids is 2. The van der Waals surface area contributed by atoms with E-state index in [0.717, 1.165) is 11.1 Å². The third-order valence-corrected chi connectivity index (χ3v) is 3.78. The van der Waals surface area contributed by atoms with Gasteiger partial charge in [-0.1, -0.05) is 12.1 Å². The van der Waals surface area contributed by atoms with Crippen molar-refractivity contribution < 1.29 is 19.1 Å². The Bertz CT molecular complexity index is 879. The van der Waals surface area contributed by atoms with Gasteiger partial charge in [0.05, 0.1) is 6.10 Å². The van der Waals surface area contributed by atoms with Crippen LogP contribution >= 0.6 is 12.2 Å². The van der Waals surface area contributed by atoms with E-state index in [1.54, 1.807) is 24.3 Å². The van der Waals surface area contributed by atoms with Crippen molar-refractivity contribution in [2.45, 2.75) is 33.8 Å². The molecule has 0 aliphatic carbocycles. The number of hydrogen-bond acceptors (Lipinski definition) is 5. The highest BCUT2D eigenvalue weighted by molar-refractivity contribution is 7.80. The van der Waals surface area contributed by atoms with Crippen molar-refractivity contribution in [2.75, 3.05) is 6.61 Å². The van der Waals surface area contributed by atoms with Gasteiger partial charge in [-0.2, -0.15) is 0 Å². The fourth-order valence-electron chi connectivity index (χ4n) is 2.52. The summed E-state index contributed by atoms with van der Waals surface area (Å²) in [6.07, 6.45) is -0.00259. The van der Waals surface area contributed by atoms with Crippen molar-refractivity contribution in [3.05, 3.63) is 59.2 Å². The molecule has 0 saturated heterocycles. The minimum absolute atomic E-state index is 0.00259. The van der Waals surface area contributed by atoms with Crippen LogP contribution in [0.2, 0.25) is 0 Å². The van der Waals surface area contributed by atoms with Crippen LogP contribution in [-0.2, 0) is 4.79 Å². The van der Waals surface area contributed by atoms with Gasteiger partial charge in [0.15, 0.2) is 11.7 Å². The lowest BCUT2D eigenvalue weighted by Crippen LogP contribution is -2.49. The third-order valence-electron chi connectivity index (χ3n) is 3.58. The summed E-state index contributed by atoms with van der Waals surface area (Å²) >= 11 is 5.03. The summed E-state index contributed by atoms with van der Waals surface area (Å²) in [7, 11) is 0. The number of amides is 2. The second kappa shape index (κ2) is 10.4. The van der Waals surface area contributed by atoms with Gasteiger partial charge in [-0.25, -0.2) is 0 Å². The molecule has 0 atom stereocenters. The van der Waals surface area contributed by atoms with Gasteiger partial charge in [-0.15, -0.1) is 0 Å². The van der Waals surface area contributed by atoms with Crippen molar-refractivity contribution >= 4 is 29.1 Å². The number of hydrogen-bond donors (Lipinski definition) is 3. The predicted molar refractivity (Wildman–Crippen MR) is 115 cm³/mol. The highest BCUT2D eigenvalue weighted by Gasteiger charge is 2.10. The number of ether oxygens (including phenoxy) is 2. The molecule has 0 unspecified atom stereocenters. The Hall–Kier alpha value is -3.13. The highest BCUT2D eigenvalue weighted by Crippen LogP contribution is 2.16. The normalized spacial score (nSPS) is 10.2. The molecule has 0 heterocycles. The first kappa shape index (κ1) is 22.2. The number of carbonyl (C=O) groups is 2. The Kier molecular flexibility index (Phi) is 7.97. The Morgan fingerprint density at radius 2 is 1.69 bits per heavy atom. The summed E-state index contributed by atoms with van der Waals surface area (Å²) in [5.74, 6) is 0.339. The molecule has 3 N–H and O–H groups in total. The zero-order valence-electron chi connectivity index (χ0n) is 16.9. The minimum Gasteiger partial charge on any atom is -0.491 e. The number of aryl methyl sites for hydroxylation is 2. The van der Waals surface area contributed by atoms with Crippen LogP contribution in [0.4, 0.5) is 0 Å². The number of thiocarbonyl (C=S) groups is 1. The molecular weight excluding hydrogens is 390 g/mol. The van der Waals surface area contributed by atoms with E-state index in [9.17, 15) is 9.59 Å². The quantitative estimate of drug-likeness (QED) is 0.497. The third kappa shape index (κ3) is 7.79. The molecule has 0 fully saturated rings. The van der Waals surface area contributed by atoms with Gasteiger partial charge in [0.2, 0.25) is 0 Å². The Morgan fingerprint density at radius 1 is 1.00 bits per heavy atom. The molecule has 29 heavy (non-hydrogen) atoms. The van der Waals surface area contributed by atoms with E-state index < -0.39 is 11.8 Å². The molecule has 0 aliphatic rings. The maximum atomic E-state index is 12.3. The first-order valence-corrected chi connectivity index (χ1v) is 9.51. The summed E-state index contributed by atoms with van der Waals surface area (Å²) in [6.45, 7) is 7.51. The monoisotopic (exact) mass is 415 g/mol. The standard InChI is InChI=1S/C21H25N3O4S/c1-13(2)28-17-7-5-6-16(11-17)20(26)22-21(29)24-23-19(25)12-27-18-9-14(3)8-15(4)10-18/h5-11,13H,12H2,1-4H3,(H,23,25)(H2,22,24,26,29). The second-order valence-electron chi connectivity index (χ2n) is 6.76. The molecule has 2 rings (SSSR count). The average molecular weight is 416 g/mol. The van der Waals surface area contributed by atoms with Crippen molar-refractivity contribution in [3.8, 4) is 11.5 Å². The molecule has 154 valence electrons. The summed E-state index contributed by atoms with van der Waals surface area (Å²) in [5.41, 5.74) is 7.34. The summed E-state index contributed by atoms with van der Waals surface area (Å²) in [5, 5.41) is 2.45. The smallest absolute Gasteiger partial charge is 0.276 e. The summed E-state index contributed by atoms with van der Waals surface area (Å²) in [4.78, 5) is 24.2. The van der Waals surface area contributed by atoms with Crippen LogP contribution in [0.25, 0.3) is 0 Å². The number of hydrazine groups is 1. The van der Waals surface area contributed by atoms with Crippen LogP contribution in [0.5, 0.6) is 11.5 Å². The topological polar surface area (TPSA) is 88.7 Å². The molecule has 0 saturated carbocycles. The molecule has 2 amide bonds. The largest absolute Gasteiger partial charge is 0.491 e. The van der Waals surface area contributed by atoms with Crippen LogP contribution in [0.15, 0.2) is 42.5 Å². The number of nitrogens with one attached hydrogen (secondary N) is 3. The molecular formula is C21H25N3O4S. The molecule has 0 spiro atoms. The van der Waals surface area contributed by atoms with Crippen molar-refractivity contribution in [2.24, 2.45) is 0 Å². The fourth-order valence-corrected chi connectivity index (χ4v) is 2.66. The van der Waals surface area contributed by atoms with Crippen LogP contribution in [0, 0.1) is 13.8 Å². The van der Waals surface area contributed by atoms with Gasteiger partial charge in [-0.3, -0.25) is 25.8 Å². The summed E-state index contributed by atoms with van der Waals surface area (Å²) in [6, 6.07) is 12.4. The maximum Gasteiger partial charge on any atom is 0.276 e. The molecule has 0 bridgehead atoms. The zero-order valence-corrected chi connectivity index (χ0v) is 17.7. The number of benzene rings is 2. The van der Waals surface area contributed by atoms with Crippen LogP contribution < -0.4 is 25.6 Å². The van der Waals surface area contributed by atoms with Crippen LogP contribution in [-0.4, -0.2) is 29.6 Å². The van der Waals surface area contributed by atoms with Gasteiger partial charge in [0, 0.05) is 5.56 Å². The Labute approximate surface area is 175 Å². The molecule has 0 aliphatic heterocycles. The first-order chi connectivity index (χ1) is 13.7. The molecule has 0 aromatic heterocycles.